The quantitative estimate of drug-likeness (QED) is 0.558. The van der Waals surface area contributed by atoms with Gasteiger partial charge in [-0.05, 0) is 68.7 Å². The number of rotatable bonds is 7. The molecule has 1 aliphatic carbocycles. The third-order valence-electron chi connectivity index (χ3n) is 6.36. The van der Waals surface area contributed by atoms with Crippen molar-refractivity contribution in [3.05, 3.63) is 81.1 Å². The summed E-state index contributed by atoms with van der Waals surface area (Å²) >= 11 is 0. The first-order valence-corrected chi connectivity index (χ1v) is 13.1. The first-order valence-electron chi connectivity index (χ1n) is 11.6. The predicted molar refractivity (Wildman–Crippen MR) is 131 cm³/mol. The Labute approximate surface area is 195 Å². The highest BCUT2D eigenvalue weighted by molar-refractivity contribution is 7.89. The Hall–Kier alpha value is -2.77. The Bertz CT molecular complexity index is 1300. The normalized spacial score (nSPS) is 14.0. The van der Waals surface area contributed by atoms with Crippen molar-refractivity contribution in [2.45, 2.75) is 70.4 Å². The standard InChI is InChI=1S/C26H31N3O3S/c1-4-20-14-15-21(25-22-12-8-9-13-23(22)26(30)28-27-25)16-24(20)33(31,32)29(18(2)3)17-19-10-6-5-7-11-19/h5-7,10-11,14-16,18H,4,8-9,12-13,17H2,1-3H3,(H,28,30). The maximum absolute atomic E-state index is 13.9. The summed E-state index contributed by atoms with van der Waals surface area (Å²) in [6, 6.07) is 15.0. The lowest BCUT2D eigenvalue weighted by Gasteiger charge is -2.27. The molecule has 2 aromatic carbocycles. The Balaban J connectivity index is 1.82. The number of H-pyrrole nitrogens is 1. The van der Waals surface area contributed by atoms with E-state index >= 15 is 0 Å². The molecule has 1 aromatic heterocycles. The van der Waals surface area contributed by atoms with Crippen LogP contribution in [0.4, 0.5) is 0 Å². The van der Waals surface area contributed by atoms with Crippen molar-refractivity contribution in [3.63, 3.8) is 0 Å². The molecular formula is C26H31N3O3S. The zero-order chi connectivity index (χ0) is 23.6. The molecule has 4 rings (SSSR count). The van der Waals surface area contributed by atoms with Gasteiger partial charge in [0.25, 0.3) is 5.56 Å². The van der Waals surface area contributed by atoms with Gasteiger partial charge in [0.1, 0.15) is 0 Å². The molecule has 174 valence electrons. The van der Waals surface area contributed by atoms with Gasteiger partial charge < -0.3 is 0 Å². The second kappa shape index (κ2) is 9.61. The third-order valence-corrected chi connectivity index (χ3v) is 8.47. The summed E-state index contributed by atoms with van der Waals surface area (Å²) in [5, 5.41) is 6.96. The number of nitrogens with zero attached hydrogens (tertiary/aromatic N) is 2. The largest absolute Gasteiger partial charge is 0.268 e. The van der Waals surface area contributed by atoms with Crippen LogP contribution >= 0.6 is 0 Å². The lowest BCUT2D eigenvalue weighted by Crippen LogP contribution is -2.36. The summed E-state index contributed by atoms with van der Waals surface area (Å²) in [7, 11) is -3.77. The molecule has 1 aliphatic rings. The van der Waals surface area contributed by atoms with Gasteiger partial charge >= 0.3 is 0 Å². The van der Waals surface area contributed by atoms with Crippen LogP contribution < -0.4 is 5.56 Å². The molecule has 0 amide bonds. The van der Waals surface area contributed by atoms with Gasteiger partial charge in [0, 0.05) is 23.7 Å². The maximum Gasteiger partial charge on any atom is 0.267 e. The van der Waals surface area contributed by atoms with E-state index in [0.717, 1.165) is 53.5 Å². The van der Waals surface area contributed by atoms with Gasteiger partial charge in [0.15, 0.2) is 0 Å². The number of aromatic amines is 1. The zero-order valence-electron chi connectivity index (χ0n) is 19.5. The van der Waals surface area contributed by atoms with E-state index in [1.165, 1.54) is 0 Å². The molecular weight excluding hydrogens is 434 g/mol. The topological polar surface area (TPSA) is 83.1 Å². The van der Waals surface area contributed by atoms with Crippen molar-refractivity contribution in [1.82, 2.24) is 14.5 Å². The van der Waals surface area contributed by atoms with E-state index in [0.29, 0.717) is 23.6 Å². The summed E-state index contributed by atoms with van der Waals surface area (Å²) in [5.74, 6) is 0. The Kier molecular flexibility index (Phi) is 6.81. The van der Waals surface area contributed by atoms with E-state index in [2.05, 4.69) is 10.2 Å². The summed E-state index contributed by atoms with van der Waals surface area (Å²) in [6.45, 7) is 6.07. The van der Waals surface area contributed by atoms with Crippen LogP contribution in [0.3, 0.4) is 0 Å². The van der Waals surface area contributed by atoms with Crippen LogP contribution in [-0.4, -0.2) is 29.0 Å². The number of hydrogen-bond acceptors (Lipinski definition) is 4. The monoisotopic (exact) mass is 465 g/mol. The van der Waals surface area contributed by atoms with Crippen molar-refractivity contribution >= 4 is 10.0 Å². The van der Waals surface area contributed by atoms with E-state index in [1.807, 2.05) is 63.2 Å². The van der Waals surface area contributed by atoms with Crippen molar-refractivity contribution < 1.29 is 8.42 Å². The molecule has 33 heavy (non-hydrogen) atoms. The summed E-state index contributed by atoms with van der Waals surface area (Å²) in [4.78, 5) is 12.6. The Morgan fingerprint density at radius 1 is 1.03 bits per heavy atom. The van der Waals surface area contributed by atoms with Gasteiger partial charge in [-0.25, -0.2) is 13.5 Å². The van der Waals surface area contributed by atoms with Gasteiger partial charge in [0.05, 0.1) is 10.6 Å². The van der Waals surface area contributed by atoms with Gasteiger partial charge in [-0.1, -0.05) is 49.4 Å². The van der Waals surface area contributed by atoms with E-state index in [4.69, 9.17) is 0 Å². The van der Waals surface area contributed by atoms with Crippen LogP contribution in [0.15, 0.2) is 58.2 Å². The van der Waals surface area contributed by atoms with Crippen molar-refractivity contribution in [2.24, 2.45) is 0 Å². The number of hydrogen-bond donors (Lipinski definition) is 1. The number of aryl methyl sites for hydroxylation is 1. The number of fused-ring (bicyclic) bond motifs is 1. The Morgan fingerprint density at radius 2 is 1.73 bits per heavy atom. The zero-order valence-corrected chi connectivity index (χ0v) is 20.3. The van der Waals surface area contributed by atoms with E-state index in [9.17, 15) is 13.2 Å². The smallest absolute Gasteiger partial charge is 0.267 e. The van der Waals surface area contributed by atoms with Gasteiger partial charge in [0.2, 0.25) is 10.0 Å². The summed E-state index contributed by atoms with van der Waals surface area (Å²) in [5.41, 5.74) is 4.72. The molecule has 0 radical (unpaired) electrons. The highest BCUT2D eigenvalue weighted by Crippen LogP contribution is 2.32. The number of benzene rings is 2. The minimum atomic E-state index is -3.77. The third kappa shape index (κ3) is 4.66. The van der Waals surface area contributed by atoms with E-state index in [1.54, 1.807) is 10.4 Å². The van der Waals surface area contributed by atoms with E-state index < -0.39 is 10.0 Å². The molecule has 1 heterocycles. The average Bonchev–Trinajstić information content (AvgIpc) is 2.83. The molecule has 6 nitrogen and oxygen atoms in total. The average molecular weight is 466 g/mol. The van der Waals surface area contributed by atoms with Crippen LogP contribution in [0, 0.1) is 0 Å². The number of nitrogens with one attached hydrogen (secondary N) is 1. The highest BCUT2D eigenvalue weighted by Gasteiger charge is 2.30. The fourth-order valence-electron chi connectivity index (χ4n) is 4.57. The lowest BCUT2D eigenvalue weighted by molar-refractivity contribution is 0.348. The molecule has 0 atom stereocenters. The van der Waals surface area contributed by atoms with E-state index in [-0.39, 0.29) is 11.6 Å². The molecule has 0 unspecified atom stereocenters. The minimum absolute atomic E-state index is 0.139. The predicted octanol–water partition coefficient (Wildman–Crippen LogP) is 4.48. The van der Waals surface area contributed by atoms with Crippen LogP contribution in [0.1, 0.15) is 55.9 Å². The molecule has 0 aliphatic heterocycles. The maximum atomic E-state index is 13.9. The lowest BCUT2D eigenvalue weighted by atomic mass is 9.89. The van der Waals surface area contributed by atoms with Crippen LogP contribution in [0.25, 0.3) is 11.3 Å². The molecule has 3 aromatic rings. The molecule has 0 bridgehead atoms. The van der Waals surface area contributed by atoms with Gasteiger partial charge in [-0.2, -0.15) is 9.40 Å². The summed E-state index contributed by atoms with van der Waals surface area (Å²) < 4.78 is 29.4. The fraction of sp³-hybridized carbons (Fsp3) is 0.385. The van der Waals surface area contributed by atoms with Gasteiger partial charge in [-0.3, -0.25) is 4.79 Å². The fourth-order valence-corrected chi connectivity index (χ4v) is 6.51. The Morgan fingerprint density at radius 3 is 2.39 bits per heavy atom. The second-order valence-electron chi connectivity index (χ2n) is 8.87. The van der Waals surface area contributed by atoms with Crippen LogP contribution in [0.2, 0.25) is 0 Å². The minimum Gasteiger partial charge on any atom is -0.268 e. The number of aromatic nitrogens is 2. The van der Waals surface area contributed by atoms with Crippen molar-refractivity contribution in [1.29, 1.82) is 0 Å². The molecule has 0 saturated heterocycles. The first kappa shape index (κ1) is 23.4. The highest BCUT2D eigenvalue weighted by atomic mass is 32.2. The second-order valence-corrected chi connectivity index (χ2v) is 10.7. The van der Waals surface area contributed by atoms with Crippen molar-refractivity contribution in [2.75, 3.05) is 0 Å². The van der Waals surface area contributed by atoms with Gasteiger partial charge in [-0.15, -0.1) is 0 Å². The first-order chi connectivity index (χ1) is 15.8. The number of sulfonamides is 1. The SMILES string of the molecule is CCc1ccc(-c2n[nH]c(=O)c3c2CCCC3)cc1S(=O)(=O)N(Cc1ccccc1)C(C)C. The van der Waals surface area contributed by atoms with Crippen LogP contribution in [0.5, 0.6) is 0 Å². The molecule has 0 saturated carbocycles. The van der Waals surface area contributed by atoms with Crippen molar-refractivity contribution in [3.8, 4) is 11.3 Å². The molecule has 1 N–H and O–H groups in total. The summed E-state index contributed by atoms with van der Waals surface area (Å²) in [6.07, 6.45) is 4.10. The molecule has 0 fully saturated rings. The molecule has 7 heteroatoms. The van der Waals surface area contributed by atoms with Crippen LogP contribution in [-0.2, 0) is 35.8 Å². The molecule has 0 spiro atoms.